The normalized spacial score (nSPS) is 16.0. The van der Waals surface area contributed by atoms with Gasteiger partial charge in [0, 0.05) is 25.6 Å². The lowest BCUT2D eigenvalue weighted by molar-refractivity contribution is -0.134. The maximum atomic E-state index is 12.9. The Kier molecular flexibility index (Phi) is 6.17. The Bertz CT molecular complexity index is 635. The SMILES string of the molecule is CN1CCC(N(CCc2ccccc2)C(=O)CCn2cnnc2)CC1. The summed E-state index contributed by atoms with van der Waals surface area (Å²) in [5, 5.41) is 7.60. The minimum absolute atomic E-state index is 0.235. The Morgan fingerprint density at radius 1 is 1.16 bits per heavy atom. The van der Waals surface area contributed by atoms with E-state index in [9.17, 15) is 4.79 Å². The Morgan fingerprint density at radius 2 is 1.84 bits per heavy atom. The highest BCUT2D eigenvalue weighted by molar-refractivity contribution is 5.76. The van der Waals surface area contributed by atoms with E-state index in [1.165, 1.54) is 5.56 Å². The third-order valence-electron chi connectivity index (χ3n) is 4.98. The average Bonchev–Trinajstić information content (AvgIpc) is 3.16. The van der Waals surface area contributed by atoms with Crippen molar-refractivity contribution in [3.8, 4) is 0 Å². The van der Waals surface area contributed by atoms with Crippen LogP contribution in [0.25, 0.3) is 0 Å². The number of piperidine rings is 1. The number of benzene rings is 1. The van der Waals surface area contributed by atoms with Crippen LogP contribution in [-0.4, -0.2) is 63.2 Å². The molecule has 25 heavy (non-hydrogen) atoms. The number of aryl methyl sites for hydroxylation is 1. The molecule has 1 aromatic carbocycles. The minimum atomic E-state index is 0.235. The Balaban J connectivity index is 1.61. The second kappa shape index (κ2) is 8.76. The van der Waals surface area contributed by atoms with Gasteiger partial charge in [-0.2, -0.15) is 0 Å². The van der Waals surface area contributed by atoms with Crippen molar-refractivity contribution in [1.29, 1.82) is 0 Å². The van der Waals surface area contributed by atoms with Gasteiger partial charge in [-0.05, 0) is 45.0 Å². The number of aromatic nitrogens is 3. The smallest absolute Gasteiger partial charge is 0.224 e. The second-order valence-electron chi connectivity index (χ2n) is 6.81. The molecule has 0 saturated carbocycles. The first kappa shape index (κ1) is 17.6. The van der Waals surface area contributed by atoms with Crippen molar-refractivity contribution in [3.05, 3.63) is 48.5 Å². The zero-order valence-corrected chi connectivity index (χ0v) is 14.9. The van der Waals surface area contributed by atoms with E-state index in [2.05, 4.69) is 51.3 Å². The molecule has 0 unspecified atom stereocenters. The zero-order chi connectivity index (χ0) is 17.5. The summed E-state index contributed by atoms with van der Waals surface area (Å²) in [4.78, 5) is 17.4. The Morgan fingerprint density at radius 3 is 2.52 bits per heavy atom. The van der Waals surface area contributed by atoms with Crippen molar-refractivity contribution >= 4 is 5.91 Å². The van der Waals surface area contributed by atoms with Gasteiger partial charge in [0.05, 0.1) is 0 Å². The molecule has 1 aromatic heterocycles. The van der Waals surface area contributed by atoms with Crippen LogP contribution in [0.3, 0.4) is 0 Å². The fraction of sp³-hybridized carbons (Fsp3) is 0.526. The number of likely N-dealkylation sites (tertiary alicyclic amines) is 1. The molecule has 2 heterocycles. The van der Waals surface area contributed by atoms with E-state index >= 15 is 0 Å². The van der Waals surface area contributed by atoms with Gasteiger partial charge in [-0.1, -0.05) is 30.3 Å². The van der Waals surface area contributed by atoms with E-state index in [0.29, 0.717) is 19.0 Å². The monoisotopic (exact) mass is 341 g/mol. The number of hydrogen-bond acceptors (Lipinski definition) is 4. The van der Waals surface area contributed by atoms with Crippen LogP contribution in [0.15, 0.2) is 43.0 Å². The molecular weight excluding hydrogens is 314 g/mol. The predicted octanol–water partition coefficient (Wildman–Crippen LogP) is 1.83. The van der Waals surface area contributed by atoms with E-state index in [-0.39, 0.29) is 5.91 Å². The molecule has 0 atom stereocenters. The van der Waals surface area contributed by atoms with Crippen LogP contribution in [0.5, 0.6) is 0 Å². The fourth-order valence-corrected chi connectivity index (χ4v) is 3.42. The van der Waals surface area contributed by atoms with Crippen molar-refractivity contribution in [1.82, 2.24) is 24.6 Å². The molecule has 3 rings (SSSR count). The maximum absolute atomic E-state index is 12.9. The highest BCUT2D eigenvalue weighted by Crippen LogP contribution is 2.18. The van der Waals surface area contributed by atoms with Gasteiger partial charge < -0.3 is 14.4 Å². The molecule has 6 nitrogen and oxygen atoms in total. The highest BCUT2D eigenvalue weighted by Gasteiger charge is 2.26. The van der Waals surface area contributed by atoms with E-state index in [4.69, 9.17) is 0 Å². The number of amides is 1. The first-order chi connectivity index (χ1) is 12.2. The molecule has 134 valence electrons. The van der Waals surface area contributed by atoms with E-state index in [1.54, 1.807) is 12.7 Å². The fourth-order valence-electron chi connectivity index (χ4n) is 3.42. The van der Waals surface area contributed by atoms with E-state index in [0.717, 1.165) is 38.9 Å². The van der Waals surface area contributed by atoms with Gasteiger partial charge in [0.2, 0.25) is 5.91 Å². The number of rotatable bonds is 7. The van der Waals surface area contributed by atoms with Crippen LogP contribution in [0.4, 0.5) is 0 Å². The molecule has 0 spiro atoms. The van der Waals surface area contributed by atoms with Gasteiger partial charge in [0.1, 0.15) is 12.7 Å². The maximum Gasteiger partial charge on any atom is 0.224 e. The summed E-state index contributed by atoms with van der Waals surface area (Å²) >= 11 is 0. The van der Waals surface area contributed by atoms with Crippen molar-refractivity contribution in [3.63, 3.8) is 0 Å². The molecule has 1 aliphatic rings. The number of carbonyl (C=O) groups is 1. The third kappa shape index (κ3) is 5.13. The van der Waals surface area contributed by atoms with Gasteiger partial charge in [-0.15, -0.1) is 10.2 Å². The standard InChI is InChI=1S/C19H27N5O/c1-22-11-8-18(9-12-22)24(14-7-17-5-3-2-4-6-17)19(25)10-13-23-15-20-21-16-23/h2-6,15-16,18H,7-14H2,1H3. The quantitative estimate of drug-likeness (QED) is 0.771. The molecule has 6 heteroatoms. The molecule has 1 fully saturated rings. The first-order valence-electron chi connectivity index (χ1n) is 9.07. The lowest BCUT2D eigenvalue weighted by Crippen LogP contribution is -2.47. The second-order valence-corrected chi connectivity index (χ2v) is 6.81. The average molecular weight is 341 g/mol. The van der Waals surface area contributed by atoms with Crippen LogP contribution in [-0.2, 0) is 17.8 Å². The van der Waals surface area contributed by atoms with Crippen LogP contribution in [0, 0.1) is 0 Å². The van der Waals surface area contributed by atoms with Gasteiger partial charge in [-0.3, -0.25) is 4.79 Å². The Hall–Kier alpha value is -2.21. The molecular formula is C19H27N5O. The first-order valence-corrected chi connectivity index (χ1v) is 9.07. The number of nitrogens with zero attached hydrogens (tertiary/aromatic N) is 5. The van der Waals surface area contributed by atoms with Crippen molar-refractivity contribution in [2.75, 3.05) is 26.7 Å². The zero-order valence-electron chi connectivity index (χ0n) is 14.9. The van der Waals surface area contributed by atoms with Gasteiger partial charge in [0.25, 0.3) is 0 Å². The minimum Gasteiger partial charge on any atom is -0.339 e. The Labute approximate surface area is 149 Å². The van der Waals surface area contributed by atoms with Gasteiger partial charge in [-0.25, -0.2) is 0 Å². The van der Waals surface area contributed by atoms with Crippen LogP contribution >= 0.6 is 0 Å². The van der Waals surface area contributed by atoms with Crippen LogP contribution in [0.1, 0.15) is 24.8 Å². The summed E-state index contributed by atoms with van der Waals surface area (Å²) in [5.41, 5.74) is 1.28. The summed E-state index contributed by atoms with van der Waals surface area (Å²) in [6, 6.07) is 10.8. The molecule has 0 aliphatic carbocycles. The van der Waals surface area contributed by atoms with E-state index in [1.807, 2.05) is 10.6 Å². The molecule has 0 bridgehead atoms. The van der Waals surface area contributed by atoms with E-state index < -0.39 is 0 Å². The van der Waals surface area contributed by atoms with Crippen molar-refractivity contribution in [2.45, 2.75) is 38.3 Å². The molecule has 1 amide bonds. The van der Waals surface area contributed by atoms with Gasteiger partial charge >= 0.3 is 0 Å². The highest BCUT2D eigenvalue weighted by atomic mass is 16.2. The molecule has 2 aromatic rings. The van der Waals surface area contributed by atoms with Crippen LogP contribution in [0.2, 0.25) is 0 Å². The number of carbonyl (C=O) groups excluding carboxylic acids is 1. The molecule has 0 radical (unpaired) electrons. The predicted molar refractivity (Wildman–Crippen MR) is 97.0 cm³/mol. The summed E-state index contributed by atoms with van der Waals surface area (Å²) in [6.07, 6.45) is 6.85. The topological polar surface area (TPSA) is 54.3 Å². The lowest BCUT2D eigenvalue weighted by atomic mass is 10.0. The van der Waals surface area contributed by atoms with Crippen molar-refractivity contribution < 1.29 is 4.79 Å². The third-order valence-corrected chi connectivity index (χ3v) is 4.98. The summed E-state index contributed by atoms with van der Waals surface area (Å²) < 4.78 is 1.86. The molecule has 1 saturated heterocycles. The summed E-state index contributed by atoms with van der Waals surface area (Å²) in [7, 11) is 2.15. The van der Waals surface area contributed by atoms with Gasteiger partial charge in [0.15, 0.2) is 0 Å². The molecule has 1 aliphatic heterocycles. The molecule has 0 N–H and O–H groups in total. The van der Waals surface area contributed by atoms with Crippen LogP contribution < -0.4 is 0 Å². The largest absolute Gasteiger partial charge is 0.339 e. The van der Waals surface area contributed by atoms with Crippen molar-refractivity contribution in [2.24, 2.45) is 0 Å². The summed E-state index contributed by atoms with van der Waals surface area (Å²) in [6.45, 7) is 3.55. The lowest BCUT2D eigenvalue weighted by Gasteiger charge is -2.37. The number of hydrogen-bond donors (Lipinski definition) is 0. The summed E-state index contributed by atoms with van der Waals surface area (Å²) in [5.74, 6) is 0.235.